The normalized spacial score (nSPS) is 38.6. The predicted octanol–water partition coefficient (Wildman–Crippen LogP) is 3.58. The average molecular weight is 416 g/mol. The fraction of sp³-hybridized carbons (Fsp3) is 0.920. The Labute approximate surface area is 182 Å². The molecule has 2 heterocycles. The summed E-state index contributed by atoms with van der Waals surface area (Å²) in [5.41, 5.74) is -0.121. The van der Waals surface area contributed by atoms with Crippen LogP contribution in [0.15, 0.2) is 0 Å². The Kier molecular flexibility index (Phi) is 6.10. The molecule has 6 aliphatic rings. The zero-order valence-electron chi connectivity index (χ0n) is 18.7. The van der Waals surface area contributed by atoms with Gasteiger partial charge < -0.3 is 15.1 Å². The quantitative estimate of drug-likeness (QED) is 0.675. The number of nitrogens with one attached hydrogen (secondary N) is 1. The van der Waals surface area contributed by atoms with Gasteiger partial charge in [-0.3, -0.25) is 9.59 Å². The van der Waals surface area contributed by atoms with Gasteiger partial charge in [0.15, 0.2) is 0 Å². The van der Waals surface area contributed by atoms with E-state index in [1.54, 1.807) is 0 Å². The Morgan fingerprint density at radius 2 is 1.47 bits per heavy atom. The summed E-state index contributed by atoms with van der Waals surface area (Å²) < 4.78 is 0. The van der Waals surface area contributed by atoms with Gasteiger partial charge in [0.2, 0.25) is 11.8 Å². The zero-order valence-corrected chi connectivity index (χ0v) is 18.7. The number of likely N-dealkylation sites (tertiary alicyclic amines) is 2. The average Bonchev–Trinajstić information content (AvgIpc) is 3.06. The van der Waals surface area contributed by atoms with Crippen LogP contribution < -0.4 is 5.32 Å². The van der Waals surface area contributed by atoms with Crippen molar-refractivity contribution >= 4 is 11.8 Å². The molecule has 30 heavy (non-hydrogen) atoms. The molecule has 2 aliphatic heterocycles. The minimum atomic E-state index is -0.219. The first-order valence-electron chi connectivity index (χ1n) is 12.9. The lowest BCUT2D eigenvalue weighted by atomic mass is 9.49. The number of carbonyl (C=O) groups excluding carboxylic acids is 2. The van der Waals surface area contributed by atoms with Crippen LogP contribution in [0.5, 0.6) is 0 Å². The highest BCUT2D eigenvalue weighted by molar-refractivity contribution is 5.91. The maximum absolute atomic E-state index is 13.7. The fourth-order valence-corrected chi connectivity index (χ4v) is 7.95. The van der Waals surface area contributed by atoms with E-state index in [1.807, 2.05) is 4.90 Å². The van der Waals surface area contributed by atoms with E-state index < -0.39 is 0 Å². The SMILES string of the molecule is O=C(NCCCN1CCCCCC1)C1CCCN1C(=O)C12CC3CC(CC(C3)C1)C2. The second kappa shape index (κ2) is 8.80. The standard InChI is InChI=1S/C25H41N3O2/c29-23(26-8-6-11-27-9-3-1-2-4-10-27)22-7-5-12-28(22)24(30)25-16-19-13-20(17-25)15-21(14-19)18-25/h19-22H,1-18H2,(H,26,29). The maximum Gasteiger partial charge on any atom is 0.242 e. The van der Waals surface area contributed by atoms with Crippen LogP contribution in [-0.2, 0) is 9.59 Å². The molecule has 0 aromatic carbocycles. The van der Waals surface area contributed by atoms with Crippen LogP contribution in [0.1, 0.15) is 83.5 Å². The summed E-state index contributed by atoms with van der Waals surface area (Å²) in [6.07, 6.45) is 15.5. The summed E-state index contributed by atoms with van der Waals surface area (Å²) >= 11 is 0. The van der Waals surface area contributed by atoms with Crippen LogP contribution in [0.25, 0.3) is 0 Å². The molecule has 5 nitrogen and oxygen atoms in total. The van der Waals surface area contributed by atoms with Gasteiger partial charge in [-0.1, -0.05) is 12.8 Å². The van der Waals surface area contributed by atoms with Gasteiger partial charge in [0.1, 0.15) is 6.04 Å². The molecule has 0 aromatic rings. The van der Waals surface area contributed by atoms with Crippen molar-refractivity contribution < 1.29 is 9.59 Å². The monoisotopic (exact) mass is 415 g/mol. The van der Waals surface area contributed by atoms with E-state index >= 15 is 0 Å². The van der Waals surface area contributed by atoms with Crippen LogP contribution in [0.3, 0.4) is 0 Å². The van der Waals surface area contributed by atoms with Gasteiger partial charge >= 0.3 is 0 Å². The van der Waals surface area contributed by atoms with Crippen LogP contribution in [-0.4, -0.2) is 60.4 Å². The third-order valence-corrected chi connectivity index (χ3v) is 8.96. The Morgan fingerprint density at radius 1 is 0.833 bits per heavy atom. The lowest BCUT2D eigenvalue weighted by Crippen LogP contribution is -2.57. The molecule has 2 amide bonds. The molecule has 1 N–H and O–H groups in total. The van der Waals surface area contributed by atoms with E-state index in [0.29, 0.717) is 5.91 Å². The van der Waals surface area contributed by atoms with Crippen molar-refractivity contribution in [3.63, 3.8) is 0 Å². The molecule has 6 rings (SSSR count). The molecule has 6 fully saturated rings. The Hall–Kier alpha value is -1.10. The van der Waals surface area contributed by atoms with Crippen molar-refractivity contribution in [3.05, 3.63) is 0 Å². The summed E-state index contributed by atoms with van der Waals surface area (Å²) in [5.74, 6) is 2.75. The molecular weight excluding hydrogens is 374 g/mol. The molecular formula is C25H41N3O2. The summed E-state index contributed by atoms with van der Waals surface area (Å²) in [7, 11) is 0. The molecule has 0 radical (unpaired) electrons. The number of hydrogen-bond acceptors (Lipinski definition) is 3. The van der Waals surface area contributed by atoms with Crippen molar-refractivity contribution in [2.45, 2.75) is 89.5 Å². The molecule has 0 spiro atoms. The van der Waals surface area contributed by atoms with Crippen molar-refractivity contribution in [2.24, 2.45) is 23.2 Å². The molecule has 5 heteroatoms. The van der Waals surface area contributed by atoms with Gasteiger partial charge in [-0.05, 0) is 108 Å². The largest absolute Gasteiger partial charge is 0.354 e. The topological polar surface area (TPSA) is 52.7 Å². The van der Waals surface area contributed by atoms with Gasteiger partial charge in [0, 0.05) is 13.1 Å². The van der Waals surface area contributed by atoms with Crippen LogP contribution in [0.2, 0.25) is 0 Å². The van der Waals surface area contributed by atoms with Crippen LogP contribution in [0.4, 0.5) is 0 Å². The summed E-state index contributed by atoms with van der Waals surface area (Å²) in [6.45, 7) is 5.03. The van der Waals surface area contributed by atoms with Crippen molar-refractivity contribution in [3.8, 4) is 0 Å². The minimum absolute atomic E-state index is 0.0986. The highest BCUT2D eigenvalue weighted by atomic mass is 16.2. The number of carbonyl (C=O) groups is 2. The molecule has 1 unspecified atom stereocenters. The first-order valence-corrected chi connectivity index (χ1v) is 12.9. The summed E-state index contributed by atoms with van der Waals surface area (Å²) in [6, 6.07) is -0.219. The first kappa shape index (κ1) is 20.8. The van der Waals surface area contributed by atoms with Crippen molar-refractivity contribution in [1.29, 1.82) is 0 Å². The Morgan fingerprint density at radius 3 is 2.10 bits per heavy atom. The Bertz CT molecular complexity index is 605. The zero-order chi connectivity index (χ0) is 20.6. The third-order valence-electron chi connectivity index (χ3n) is 8.96. The van der Waals surface area contributed by atoms with E-state index in [1.165, 1.54) is 58.0 Å². The van der Waals surface area contributed by atoms with E-state index in [-0.39, 0.29) is 17.4 Å². The third kappa shape index (κ3) is 4.16. The second-order valence-corrected chi connectivity index (χ2v) is 11.3. The van der Waals surface area contributed by atoms with E-state index in [2.05, 4.69) is 10.2 Å². The van der Waals surface area contributed by atoms with Gasteiger partial charge in [-0.2, -0.15) is 0 Å². The highest BCUT2D eigenvalue weighted by Crippen LogP contribution is 2.60. The van der Waals surface area contributed by atoms with Crippen molar-refractivity contribution in [1.82, 2.24) is 15.1 Å². The summed E-state index contributed by atoms with van der Waals surface area (Å²) in [5, 5.41) is 3.18. The number of rotatable bonds is 6. The van der Waals surface area contributed by atoms with Gasteiger partial charge in [-0.15, -0.1) is 0 Å². The minimum Gasteiger partial charge on any atom is -0.354 e. The number of hydrogen-bond donors (Lipinski definition) is 1. The molecule has 0 aromatic heterocycles. The number of amides is 2. The lowest BCUT2D eigenvalue weighted by molar-refractivity contribution is -0.160. The summed E-state index contributed by atoms with van der Waals surface area (Å²) in [4.78, 5) is 31.2. The predicted molar refractivity (Wildman–Crippen MR) is 118 cm³/mol. The Balaban J connectivity index is 1.13. The molecule has 2 saturated heterocycles. The molecule has 1 atom stereocenters. The second-order valence-electron chi connectivity index (χ2n) is 11.3. The van der Waals surface area contributed by atoms with Crippen LogP contribution in [0, 0.1) is 23.2 Å². The van der Waals surface area contributed by atoms with Gasteiger partial charge in [-0.25, -0.2) is 0 Å². The molecule has 168 valence electrons. The molecule has 4 bridgehead atoms. The first-order chi connectivity index (χ1) is 14.6. The lowest BCUT2D eigenvalue weighted by Gasteiger charge is -2.56. The molecule has 4 saturated carbocycles. The van der Waals surface area contributed by atoms with E-state index in [9.17, 15) is 9.59 Å². The number of nitrogens with zero attached hydrogens (tertiary/aromatic N) is 2. The van der Waals surface area contributed by atoms with E-state index in [4.69, 9.17) is 0 Å². The van der Waals surface area contributed by atoms with Gasteiger partial charge in [0.05, 0.1) is 5.41 Å². The van der Waals surface area contributed by atoms with Crippen LogP contribution >= 0.6 is 0 Å². The van der Waals surface area contributed by atoms with Crippen molar-refractivity contribution in [2.75, 3.05) is 32.7 Å². The maximum atomic E-state index is 13.7. The smallest absolute Gasteiger partial charge is 0.242 e. The van der Waals surface area contributed by atoms with E-state index in [0.717, 1.165) is 75.9 Å². The highest BCUT2D eigenvalue weighted by Gasteiger charge is 2.56. The van der Waals surface area contributed by atoms with Gasteiger partial charge in [0.25, 0.3) is 0 Å². The molecule has 4 aliphatic carbocycles. The fourth-order valence-electron chi connectivity index (χ4n) is 7.95.